The number of nitrogens with zero attached hydrogens (tertiary/aromatic N) is 2. The Labute approximate surface area is 131 Å². The summed E-state index contributed by atoms with van der Waals surface area (Å²) >= 11 is 6.09. The van der Waals surface area contributed by atoms with Crippen LogP contribution in [0.25, 0.3) is 0 Å². The molecular formula is C17H21ClN2O. The number of hydrogen-bond donors (Lipinski definition) is 0. The smallest absolute Gasteiger partial charge is 0.133 e. The van der Waals surface area contributed by atoms with Gasteiger partial charge in [0.2, 0.25) is 0 Å². The molecule has 4 heteroatoms. The third-order valence-electron chi connectivity index (χ3n) is 3.53. The summed E-state index contributed by atoms with van der Waals surface area (Å²) in [6, 6.07) is 10.2. The minimum Gasteiger partial charge on any atom is -0.497 e. The third-order valence-corrected chi connectivity index (χ3v) is 3.79. The fourth-order valence-electron chi connectivity index (χ4n) is 2.40. The van der Waals surface area contributed by atoms with E-state index >= 15 is 0 Å². The van der Waals surface area contributed by atoms with Crippen molar-refractivity contribution in [3.05, 3.63) is 52.7 Å². The van der Waals surface area contributed by atoms with Crippen molar-refractivity contribution in [3.8, 4) is 5.75 Å². The fraction of sp³-hybridized carbons (Fsp3) is 0.353. The zero-order valence-corrected chi connectivity index (χ0v) is 13.7. The van der Waals surface area contributed by atoms with Crippen LogP contribution < -0.4 is 9.64 Å². The van der Waals surface area contributed by atoms with Crippen LogP contribution in [0, 0.1) is 13.8 Å². The lowest BCUT2D eigenvalue weighted by molar-refractivity contribution is 0.414. The predicted molar refractivity (Wildman–Crippen MR) is 88.4 cm³/mol. The highest BCUT2D eigenvalue weighted by atomic mass is 35.5. The van der Waals surface area contributed by atoms with Crippen LogP contribution in [0.5, 0.6) is 5.75 Å². The molecule has 0 amide bonds. The van der Waals surface area contributed by atoms with Gasteiger partial charge < -0.3 is 9.64 Å². The van der Waals surface area contributed by atoms with Gasteiger partial charge in [0, 0.05) is 24.8 Å². The summed E-state index contributed by atoms with van der Waals surface area (Å²) in [6.07, 6.45) is 0. The minimum absolute atomic E-state index is 0.474. The minimum atomic E-state index is 0.474. The zero-order chi connectivity index (χ0) is 15.4. The molecule has 1 heterocycles. The van der Waals surface area contributed by atoms with Crippen molar-refractivity contribution in [3.63, 3.8) is 0 Å². The van der Waals surface area contributed by atoms with Gasteiger partial charge in [-0.3, -0.25) is 0 Å². The van der Waals surface area contributed by atoms with Crippen LogP contribution in [0.4, 0.5) is 5.82 Å². The van der Waals surface area contributed by atoms with Gasteiger partial charge in [-0.2, -0.15) is 0 Å². The van der Waals surface area contributed by atoms with Crippen molar-refractivity contribution >= 4 is 17.4 Å². The Morgan fingerprint density at radius 2 is 1.86 bits per heavy atom. The number of methoxy groups -OCH3 is 1. The summed E-state index contributed by atoms with van der Waals surface area (Å²) in [5.74, 6) is 2.30. The average molecular weight is 305 g/mol. The zero-order valence-electron chi connectivity index (χ0n) is 13.0. The van der Waals surface area contributed by atoms with Crippen molar-refractivity contribution in [1.82, 2.24) is 4.98 Å². The summed E-state index contributed by atoms with van der Waals surface area (Å²) < 4.78 is 5.18. The third kappa shape index (κ3) is 3.67. The van der Waals surface area contributed by atoms with E-state index in [0.717, 1.165) is 29.4 Å². The van der Waals surface area contributed by atoms with Crippen LogP contribution >= 0.6 is 11.6 Å². The summed E-state index contributed by atoms with van der Waals surface area (Å²) in [7, 11) is 3.72. The monoisotopic (exact) mass is 304 g/mol. The average Bonchev–Trinajstić information content (AvgIpc) is 2.47. The van der Waals surface area contributed by atoms with Gasteiger partial charge in [0.1, 0.15) is 11.6 Å². The van der Waals surface area contributed by atoms with E-state index in [-0.39, 0.29) is 0 Å². The normalized spacial score (nSPS) is 10.5. The molecule has 0 bridgehead atoms. The maximum Gasteiger partial charge on any atom is 0.133 e. The van der Waals surface area contributed by atoms with E-state index in [1.165, 1.54) is 11.1 Å². The number of pyridine rings is 1. The quantitative estimate of drug-likeness (QED) is 0.778. The Kier molecular flexibility index (Phi) is 5.07. The van der Waals surface area contributed by atoms with E-state index < -0.39 is 0 Å². The Morgan fingerprint density at radius 1 is 1.19 bits per heavy atom. The summed E-state index contributed by atoms with van der Waals surface area (Å²) in [4.78, 5) is 6.79. The van der Waals surface area contributed by atoms with E-state index in [4.69, 9.17) is 16.3 Å². The van der Waals surface area contributed by atoms with E-state index in [1.54, 1.807) is 7.11 Å². The van der Waals surface area contributed by atoms with Gasteiger partial charge in [-0.25, -0.2) is 4.98 Å². The van der Waals surface area contributed by atoms with Crippen LogP contribution in [0.15, 0.2) is 30.3 Å². The summed E-state index contributed by atoms with van der Waals surface area (Å²) in [5.41, 5.74) is 4.50. The molecular weight excluding hydrogens is 284 g/mol. The molecule has 0 saturated carbocycles. The molecule has 0 N–H and O–H groups in total. The first-order valence-electron chi connectivity index (χ1n) is 6.92. The molecule has 2 aromatic rings. The number of benzene rings is 1. The molecule has 0 unspecified atom stereocenters. The topological polar surface area (TPSA) is 25.4 Å². The van der Waals surface area contributed by atoms with Crippen molar-refractivity contribution in [2.24, 2.45) is 0 Å². The van der Waals surface area contributed by atoms with Gasteiger partial charge in [-0.15, -0.1) is 11.6 Å². The number of halogens is 1. The number of hydrogen-bond acceptors (Lipinski definition) is 3. The molecule has 21 heavy (non-hydrogen) atoms. The fourth-order valence-corrected chi connectivity index (χ4v) is 2.73. The lowest BCUT2D eigenvalue weighted by atomic mass is 10.1. The van der Waals surface area contributed by atoms with Gasteiger partial charge in [-0.1, -0.05) is 12.1 Å². The van der Waals surface area contributed by atoms with E-state index in [0.29, 0.717) is 5.88 Å². The molecule has 0 fully saturated rings. The molecule has 0 atom stereocenters. The van der Waals surface area contributed by atoms with E-state index in [2.05, 4.69) is 35.0 Å². The number of alkyl halides is 1. The Hall–Kier alpha value is -1.74. The van der Waals surface area contributed by atoms with Crippen LogP contribution in [0.1, 0.15) is 22.4 Å². The van der Waals surface area contributed by atoms with Crippen LogP contribution in [-0.4, -0.2) is 19.1 Å². The number of rotatable bonds is 5. The first-order chi connectivity index (χ1) is 10.0. The van der Waals surface area contributed by atoms with Gasteiger partial charge in [0.25, 0.3) is 0 Å². The van der Waals surface area contributed by atoms with Crippen LogP contribution in [0.2, 0.25) is 0 Å². The molecule has 1 aromatic heterocycles. The predicted octanol–water partition coefficient (Wildman–Crippen LogP) is 4.08. The van der Waals surface area contributed by atoms with Crippen molar-refractivity contribution < 1.29 is 4.74 Å². The number of aryl methyl sites for hydroxylation is 2. The van der Waals surface area contributed by atoms with Crippen molar-refractivity contribution in [1.29, 1.82) is 0 Å². The van der Waals surface area contributed by atoms with E-state index in [1.807, 2.05) is 26.1 Å². The van der Waals surface area contributed by atoms with Gasteiger partial charge >= 0.3 is 0 Å². The highest BCUT2D eigenvalue weighted by Gasteiger charge is 2.12. The SMILES string of the molecule is COc1ccc(CN(C)c2nc(C)cc(C)c2CCl)cc1. The molecule has 0 aliphatic rings. The Morgan fingerprint density at radius 3 is 2.43 bits per heavy atom. The molecule has 0 saturated heterocycles. The number of ether oxygens (including phenoxy) is 1. The lowest BCUT2D eigenvalue weighted by Crippen LogP contribution is -2.20. The van der Waals surface area contributed by atoms with Crippen LogP contribution in [0.3, 0.4) is 0 Å². The second kappa shape index (κ2) is 6.81. The molecule has 3 nitrogen and oxygen atoms in total. The second-order valence-corrected chi connectivity index (χ2v) is 5.49. The second-order valence-electron chi connectivity index (χ2n) is 5.22. The summed E-state index contributed by atoms with van der Waals surface area (Å²) in [5, 5.41) is 0. The first-order valence-corrected chi connectivity index (χ1v) is 7.45. The molecule has 0 radical (unpaired) electrons. The highest BCUT2D eigenvalue weighted by molar-refractivity contribution is 6.17. The first kappa shape index (κ1) is 15.6. The molecule has 0 aliphatic carbocycles. The number of anilines is 1. The molecule has 1 aromatic carbocycles. The van der Waals surface area contributed by atoms with Crippen molar-refractivity contribution in [2.45, 2.75) is 26.3 Å². The Bertz CT molecular complexity index is 611. The number of aromatic nitrogens is 1. The largest absolute Gasteiger partial charge is 0.497 e. The maximum atomic E-state index is 6.09. The lowest BCUT2D eigenvalue weighted by Gasteiger charge is -2.22. The molecule has 2 rings (SSSR count). The standard InChI is InChI=1S/C17H21ClN2O/c1-12-9-13(2)19-17(16(12)10-18)20(3)11-14-5-7-15(21-4)8-6-14/h5-9H,10-11H2,1-4H3. The highest BCUT2D eigenvalue weighted by Crippen LogP contribution is 2.25. The maximum absolute atomic E-state index is 6.09. The Balaban J connectivity index is 2.25. The molecule has 112 valence electrons. The van der Waals surface area contributed by atoms with Crippen molar-refractivity contribution in [2.75, 3.05) is 19.1 Å². The molecule has 0 spiro atoms. The summed E-state index contributed by atoms with van der Waals surface area (Å²) in [6.45, 7) is 4.87. The van der Waals surface area contributed by atoms with Gasteiger partial charge in [0.15, 0.2) is 0 Å². The van der Waals surface area contributed by atoms with E-state index in [9.17, 15) is 0 Å². The van der Waals surface area contributed by atoms with Crippen LogP contribution in [-0.2, 0) is 12.4 Å². The molecule has 0 aliphatic heterocycles. The van der Waals surface area contributed by atoms with Gasteiger partial charge in [-0.05, 0) is 43.2 Å². The van der Waals surface area contributed by atoms with Gasteiger partial charge in [0.05, 0.1) is 13.0 Å².